The number of fused-ring (bicyclic) bond motifs is 2. The second kappa shape index (κ2) is 8.10. The highest BCUT2D eigenvalue weighted by atomic mass is 16.5. The minimum atomic E-state index is -0.776. The monoisotopic (exact) mass is 393 g/mol. The Kier molecular flexibility index (Phi) is 5.20. The summed E-state index contributed by atoms with van der Waals surface area (Å²) in [6.45, 7) is 0.632. The number of rotatable bonds is 4. The van der Waals surface area contributed by atoms with Gasteiger partial charge in [0.25, 0.3) is 5.91 Å². The van der Waals surface area contributed by atoms with Crippen molar-refractivity contribution in [1.82, 2.24) is 0 Å². The van der Waals surface area contributed by atoms with Crippen LogP contribution in [0.3, 0.4) is 0 Å². The van der Waals surface area contributed by atoms with Gasteiger partial charge in [-0.25, -0.2) is 4.79 Å². The Bertz CT molecular complexity index is 1080. The maximum Gasteiger partial charge on any atom is 0.342 e. The van der Waals surface area contributed by atoms with Gasteiger partial charge < -0.3 is 24.6 Å². The van der Waals surface area contributed by atoms with Crippen LogP contribution in [0, 0.1) is 0 Å². The van der Waals surface area contributed by atoms with E-state index in [9.17, 15) is 14.7 Å². The van der Waals surface area contributed by atoms with Crippen molar-refractivity contribution in [1.29, 1.82) is 0 Å². The number of hydrogen-bond acceptors (Lipinski definition) is 6. The minimum Gasteiger partial charge on any atom is -0.507 e. The van der Waals surface area contributed by atoms with E-state index in [0.29, 0.717) is 30.4 Å². The molecular weight excluding hydrogens is 374 g/mol. The molecule has 0 saturated heterocycles. The van der Waals surface area contributed by atoms with E-state index in [1.54, 1.807) is 18.2 Å². The largest absolute Gasteiger partial charge is 0.507 e. The van der Waals surface area contributed by atoms with Gasteiger partial charge in [0.15, 0.2) is 18.1 Å². The van der Waals surface area contributed by atoms with E-state index in [2.05, 4.69) is 5.32 Å². The first-order chi connectivity index (χ1) is 14.1. The Morgan fingerprint density at radius 2 is 1.69 bits per heavy atom. The number of phenolic OH excluding ortho intramolecular Hbond substituents is 1. The second-order valence-corrected chi connectivity index (χ2v) is 6.55. The third-order valence-corrected chi connectivity index (χ3v) is 4.45. The minimum absolute atomic E-state index is 0.00656. The van der Waals surface area contributed by atoms with Gasteiger partial charge in [0, 0.05) is 18.2 Å². The zero-order valence-electron chi connectivity index (χ0n) is 15.5. The van der Waals surface area contributed by atoms with Crippen LogP contribution < -0.4 is 14.8 Å². The van der Waals surface area contributed by atoms with Crippen LogP contribution in [-0.2, 0) is 9.53 Å². The highest BCUT2D eigenvalue weighted by Crippen LogP contribution is 2.32. The van der Waals surface area contributed by atoms with Gasteiger partial charge in [-0.15, -0.1) is 0 Å². The van der Waals surface area contributed by atoms with E-state index in [1.807, 2.05) is 24.3 Å². The quantitative estimate of drug-likeness (QED) is 0.659. The average molecular weight is 393 g/mol. The topological polar surface area (TPSA) is 94.1 Å². The number of aromatic hydroxyl groups is 1. The molecule has 0 saturated carbocycles. The number of benzene rings is 3. The lowest BCUT2D eigenvalue weighted by atomic mass is 10.1. The molecule has 0 fully saturated rings. The Hall–Kier alpha value is -3.74. The van der Waals surface area contributed by atoms with Crippen molar-refractivity contribution < 1.29 is 28.9 Å². The molecule has 0 aliphatic carbocycles. The van der Waals surface area contributed by atoms with Gasteiger partial charge >= 0.3 is 5.97 Å². The molecule has 0 bridgehead atoms. The van der Waals surface area contributed by atoms with Crippen LogP contribution in [0.1, 0.15) is 16.8 Å². The molecule has 148 valence electrons. The molecule has 29 heavy (non-hydrogen) atoms. The smallest absolute Gasteiger partial charge is 0.342 e. The van der Waals surface area contributed by atoms with E-state index in [-0.39, 0.29) is 11.3 Å². The van der Waals surface area contributed by atoms with Crippen LogP contribution >= 0.6 is 0 Å². The number of carbonyl (C=O) groups is 2. The van der Waals surface area contributed by atoms with Crippen molar-refractivity contribution in [3.63, 3.8) is 0 Å². The third kappa shape index (κ3) is 4.24. The molecule has 1 heterocycles. The molecule has 1 aliphatic rings. The van der Waals surface area contributed by atoms with Crippen molar-refractivity contribution in [2.45, 2.75) is 6.42 Å². The van der Waals surface area contributed by atoms with E-state index in [0.717, 1.165) is 17.2 Å². The van der Waals surface area contributed by atoms with Crippen molar-refractivity contribution in [3.05, 3.63) is 60.2 Å². The van der Waals surface area contributed by atoms with Crippen molar-refractivity contribution in [2.75, 3.05) is 25.1 Å². The number of hydrogen-bond donors (Lipinski definition) is 2. The summed E-state index contributed by atoms with van der Waals surface area (Å²) in [4.78, 5) is 24.5. The van der Waals surface area contributed by atoms with E-state index in [4.69, 9.17) is 14.2 Å². The summed E-state index contributed by atoms with van der Waals surface area (Å²) in [6, 6.07) is 15.4. The number of ether oxygens (including phenoxy) is 3. The fraction of sp³-hybridized carbons (Fsp3) is 0.182. The SMILES string of the molecule is O=C(COC(=O)c1cc2ccccc2cc1O)Nc1ccc2c(c1)OCCCO2. The molecule has 3 aromatic carbocycles. The molecule has 0 spiro atoms. The lowest BCUT2D eigenvalue weighted by Gasteiger charge is -2.11. The summed E-state index contributed by atoms with van der Waals surface area (Å²) in [5, 5.41) is 14.3. The first kappa shape index (κ1) is 18.6. The maximum absolute atomic E-state index is 12.3. The standard InChI is InChI=1S/C22H19NO6/c24-18-11-15-5-2-1-4-14(15)10-17(18)22(26)29-13-21(25)23-16-6-7-19-20(12-16)28-9-3-8-27-19/h1-2,4-7,10-12,24H,3,8-9,13H2,(H,23,25). The van der Waals surface area contributed by atoms with Crippen LogP contribution in [0.4, 0.5) is 5.69 Å². The summed E-state index contributed by atoms with van der Waals surface area (Å²) < 4.78 is 16.2. The predicted octanol–water partition coefficient (Wildman–Crippen LogP) is 3.50. The molecule has 7 nitrogen and oxygen atoms in total. The first-order valence-electron chi connectivity index (χ1n) is 9.18. The van der Waals surface area contributed by atoms with Gasteiger partial charge in [-0.05, 0) is 35.0 Å². The summed E-state index contributed by atoms with van der Waals surface area (Å²) in [7, 11) is 0. The van der Waals surface area contributed by atoms with Gasteiger partial charge in [0.05, 0.1) is 13.2 Å². The van der Waals surface area contributed by atoms with Crippen molar-refractivity contribution in [2.24, 2.45) is 0 Å². The van der Waals surface area contributed by atoms with Crippen LogP contribution in [0.25, 0.3) is 10.8 Å². The van der Waals surface area contributed by atoms with Crippen LogP contribution in [0.15, 0.2) is 54.6 Å². The number of amides is 1. The average Bonchev–Trinajstić information content (AvgIpc) is 2.96. The Morgan fingerprint density at radius 1 is 0.966 bits per heavy atom. The zero-order valence-corrected chi connectivity index (χ0v) is 15.5. The Balaban J connectivity index is 1.39. The lowest BCUT2D eigenvalue weighted by molar-refractivity contribution is -0.119. The van der Waals surface area contributed by atoms with Crippen molar-refractivity contribution in [3.8, 4) is 17.2 Å². The Labute approximate surface area is 166 Å². The summed E-state index contributed by atoms with van der Waals surface area (Å²) in [5.41, 5.74) is 0.510. The van der Waals surface area contributed by atoms with Gasteiger partial charge in [-0.1, -0.05) is 24.3 Å². The lowest BCUT2D eigenvalue weighted by Crippen LogP contribution is -2.21. The number of anilines is 1. The molecule has 1 amide bonds. The van der Waals surface area contributed by atoms with Gasteiger partial charge in [0.2, 0.25) is 0 Å². The van der Waals surface area contributed by atoms with Crippen LogP contribution in [0.2, 0.25) is 0 Å². The molecule has 3 aromatic rings. The predicted molar refractivity (Wildman–Crippen MR) is 107 cm³/mol. The molecule has 0 radical (unpaired) electrons. The van der Waals surface area contributed by atoms with Crippen molar-refractivity contribution >= 4 is 28.3 Å². The number of esters is 1. The maximum atomic E-state index is 12.3. The molecule has 4 rings (SSSR count). The van der Waals surface area contributed by atoms with Crippen LogP contribution in [-0.4, -0.2) is 36.8 Å². The fourth-order valence-corrected chi connectivity index (χ4v) is 3.04. The molecule has 2 N–H and O–H groups in total. The summed E-state index contributed by atoms with van der Waals surface area (Å²) in [5.74, 6) is -0.302. The zero-order chi connectivity index (χ0) is 20.2. The van der Waals surface area contributed by atoms with Crippen LogP contribution in [0.5, 0.6) is 17.2 Å². The number of phenols is 1. The van der Waals surface area contributed by atoms with E-state index in [1.165, 1.54) is 12.1 Å². The number of nitrogens with one attached hydrogen (secondary N) is 1. The third-order valence-electron chi connectivity index (χ3n) is 4.45. The molecule has 0 atom stereocenters. The molecule has 1 aliphatic heterocycles. The van der Waals surface area contributed by atoms with Gasteiger partial charge in [-0.2, -0.15) is 0 Å². The Morgan fingerprint density at radius 3 is 2.48 bits per heavy atom. The van der Waals surface area contributed by atoms with E-state index < -0.39 is 18.5 Å². The molecule has 7 heteroatoms. The van der Waals surface area contributed by atoms with Gasteiger partial charge in [0.1, 0.15) is 11.3 Å². The molecule has 0 unspecified atom stereocenters. The molecule has 0 aromatic heterocycles. The highest BCUT2D eigenvalue weighted by molar-refractivity contribution is 6.00. The molecular formula is C22H19NO6. The fourth-order valence-electron chi connectivity index (χ4n) is 3.04. The van der Waals surface area contributed by atoms with Gasteiger partial charge in [-0.3, -0.25) is 4.79 Å². The summed E-state index contributed by atoms with van der Waals surface area (Å²) in [6.07, 6.45) is 0.786. The summed E-state index contributed by atoms with van der Waals surface area (Å²) >= 11 is 0. The normalized spacial score (nSPS) is 12.8. The first-order valence-corrected chi connectivity index (χ1v) is 9.18. The highest BCUT2D eigenvalue weighted by Gasteiger charge is 2.16. The van der Waals surface area contributed by atoms with E-state index >= 15 is 0 Å². The number of carbonyl (C=O) groups excluding carboxylic acids is 2. The second-order valence-electron chi connectivity index (χ2n) is 6.55.